The summed E-state index contributed by atoms with van der Waals surface area (Å²) < 4.78 is 5.31. The molecule has 0 aromatic heterocycles. The first-order chi connectivity index (χ1) is 11.7. The van der Waals surface area contributed by atoms with Crippen molar-refractivity contribution in [3.05, 3.63) is 71.8 Å². The summed E-state index contributed by atoms with van der Waals surface area (Å²) in [6.07, 6.45) is 0.527. The van der Waals surface area contributed by atoms with E-state index < -0.39 is 11.9 Å². The molecule has 25 heavy (non-hydrogen) atoms. The van der Waals surface area contributed by atoms with Gasteiger partial charge in [0.2, 0.25) is 0 Å². The molecule has 1 aliphatic rings. The van der Waals surface area contributed by atoms with Crippen molar-refractivity contribution in [2.24, 2.45) is 5.92 Å². The van der Waals surface area contributed by atoms with Gasteiger partial charge in [-0.3, -0.25) is 14.5 Å². The maximum atomic E-state index is 12.3. The zero-order valence-electron chi connectivity index (χ0n) is 14.0. The Kier molecular flexibility index (Phi) is 7.16. The predicted octanol–water partition coefficient (Wildman–Crippen LogP) is 3.24. The Hall–Kier alpha value is -2.17. The Morgan fingerprint density at radius 3 is 2.20 bits per heavy atom. The molecule has 1 unspecified atom stereocenters. The van der Waals surface area contributed by atoms with E-state index in [0.717, 1.165) is 18.7 Å². The second-order valence-electron chi connectivity index (χ2n) is 6.10. The number of esters is 1. The molecule has 0 aliphatic carbocycles. The second-order valence-corrected chi connectivity index (χ2v) is 6.10. The Morgan fingerprint density at radius 2 is 1.60 bits per heavy atom. The van der Waals surface area contributed by atoms with Gasteiger partial charge in [0.05, 0.1) is 6.54 Å². The number of piperidine rings is 1. The minimum absolute atomic E-state index is 0. The fourth-order valence-electron chi connectivity index (χ4n) is 2.94. The van der Waals surface area contributed by atoms with Crippen LogP contribution in [0.1, 0.15) is 17.5 Å². The lowest BCUT2D eigenvalue weighted by atomic mass is 9.95. The number of ketones is 1. The van der Waals surface area contributed by atoms with Crippen LogP contribution in [0.25, 0.3) is 0 Å². The molecule has 5 heteroatoms. The van der Waals surface area contributed by atoms with Gasteiger partial charge in [0.1, 0.15) is 12.5 Å². The third-order valence-electron chi connectivity index (χ3n) is 4.26. The van der Waals surface area contributed by atoms with Gasteiger partial charge in [0.25, 0.3) is 0 Å². The Balaban J connectivity index is 0.00000225. The molecule has 1 atom stereocenters. The van der Waals surface area contributed by atoms with Gasteiger partial charge in [0.15, 0.2) is 5.78 Å². The smallest absolute Gasteiger partial charge is 0.316 e. The van der Waals surface area contributed by atoms with E-state index in [1.54, 1.807) is 0 Å². The van der Waals surface area contributed by atoms with Crippen molar-refractivity contribution in [1.82, 2.24) is 4.90 Å². The second kappa shape index (κ2) is 9.35. The summed E-state index contributed by atoms with van der Waals surface area (Å²) in [6.45, 7) is 1.99. The summed E-state index contributed by atoms with van der Waals surface area (Å²) in [7, 11) is 0. The number of hydrogen-bond donors (Lipinski definition) is 0. The number of benzene rings is 2. The molecule has 0 bridgehead atoms. The monoisotopic (exact) mass is 359 g/mol. The number of likely N-dealkylation sites (tertiary alicyclic amines) is 1. The molecule has 1 fully saturated rings. The van der Waals surface area contributed by atoms with E-state index in [9.17, 15) is 9.59 Å². The molecule has 1 aliphatic heterocycles. The Labute approximate surface area is 154 Å². The van der Waals surface area contributed by atoms with Crippen LogP contribution in [0.3, 0.4) is 0 Å². The van der Waals surface area contributed by atoms with E-state index in [4.69, 9.17) is 4.74 Å². The van der Waals surface area contributed by atoms with Crippen LogP contribution in [0, 0.1) is 5.92 Å². The molecule has 0 N–H and O–H groups in total. The molecule has 2 aromatic carbocycles. The number of ether oxygens (including phenoxy) is 1. The number of halogens is 1. The lowest BCUT2D eigenvalue weighted by Crippen LogP contribution is -2.43. The van der Waals surface area contributed by atoms with Gasteiger partial charge in [-0.05, 0) is 17.5 Å². The lowest BCUT2D eigenvalue weighted by molar-refractivity contribution is -0.155. The molecule has 1 saturated heterocycles. The third-order valence-corrected chi connectivity index (χ3v) is 4.26. The molecule has 3 rings (SSSR count). The molecule has 0 saturated carbocycles. The average molecular weight is 360 g/mol. The van der Waals surface area contributed by atoms with Crippen LogP contribution in [0.15, 0.2) is 60.7 Å². The number of Topliss-reactive ketones (excluding diaryl/α,β-unsaturated/α-hetero) is 1. The van der Waals surface area contributed by atoms with Crippen molar-refractivity contribution in [2.45, 2.75) is 19.6 Å². The average Bonchev–Trinajstić information content (AvgIpc) is 2.61. The van der Waals surface area contributed by atoms with Crippen LogP contribution >= 0.6 is 12.4 Å². The number of nitrogens with zero attached hydrogens (tertiary/aromatic N) is 1. The van der Waals surface area contributed by atoms with Gasteiger partial charge >= 0.3 is 5.97 Å². The minimum Gasteiger partial charge on any atom is -0.460 e. The van der Waals surface area contributed by atoms with Crippen molar-refractivity contribution >= 4 is 24.2 Å². The van der Waals surface area contributed by atoms with Crippen LogP contribution in [0.2, 0.25) is 0 Å². The molecular weight excluding hydrogens is 338 g/mol. The van der Waals surface area contributed by atoms with Crippen LogP contribution in [-0.2, 0) is 27.5 Å². The van der Waals surface area contributed by atoms with Crippen LogP contribution in [-0.4, -0.2) is 29.7 Å². The van der Waals surface area contributed by atoms with Crippen molar-refractivity contribution in [2.75, 3.05) is 13.1 Å². The van der Waals surface area contributed by atoms with Gasteiger partial charge in [-0.2, -0.15) is 0 Å². The van der Waals surface area contributed by atoms with Crippen LogP contribution in [0.4, 0.5) is 0 Å². The highest BCUT2D eigenvalue weighted by atomic mass is 35.5. The largest absolute Gasteiger partial charge is 0.460 e. The summed E-state index contributed by atoms with van der Waals surface area (Å²) >= 11 is 0. The first-order valence-corrected chi connectivity index (χ1v) is 8.22. The van der Waals surface area contributed by atoms with E-state index >= 15 is 0 Å². The summed E-state index contributed by atoms with van der Waals surface area (Å²) in [5.41, 5.74) is 2.11. The number of carbonyl (C=O) groups is 2. The topological polar surface area (TPSA) is 46.6 Å². The minimum atomic E-state index is -0.624. The predicted molar refractivity (Wildman–Crippen MR) is 98.3 cm³/mol. The molecule has 1 heterocycles. The number of hydrogen-bond acceptors (Lipinski definition) is 4. The third kappa shape index (κ3) is 5.41. The summed E-state index contributed by atoms with van der Waals surface area (Å²) in [4.78, 5) is 26.6. The Bertz CT molecular complexity index is 691. The summed E-state index contributed by atoms with van der Waals surface area (Å²) in [5.74, 6) is -1.07. The summed E-state index contributed by atoms with van der Waals surface area (Å²) in [5, 5.41) is 0. The van der Waals surface area contributed by atoms with E-state index in [1.165, 1.54) is 5.56 Å². The summed E-state index contributed by atoms with van der Waals surface area (Å²) in [6, 6.07) is 19.6. The van der Waals surface area contributed by atoms with E-state index in [-0.39, 0.29) is 24.8 Å². The standard InChI is InChI=1S/C20H21NO3.ClH/c22-19-14-21(13-16-7-3-1-4-8-16)12-11-18(19)20(23)24-15-17-9-5-2-6-10-17;/h1-10,18H,11-15H2;1H. The maximum Gasteiger partial charge on any atom is 0.316 e. The van der Waals surface area contributed by atoms with Crippen molar-refractivity contribution in [3.63, 3.8) is 0 Å². The first kappa shape index (κ1) is 19.2. The van der Waals surface area contributed by atoms with E-state index in [2.05, 4.69) is 4.90 Å². The molecule has 2 aromatic rings. The quantitative estimate of drug-likeness (QED) is 0.607. The molecule has 0 radical (unpaired) electrons. The Morgan fingerprint density at radius 1 is 1.00 bits per heavy atom. The zero-order valence-corrected chi connectivity index (χ0v) is 14.8. The molecule has 4 nitrogen and oxygen atoms in total. The highest BCUT2D eigenvalue weighted by molar-refractivity contribution is 6.00. The first-order valence-electron chi connectivity index (χ1n) is 8.22. The van der Waals surface area contributed by atoms with Gasteiger partial charge < -0.3 is 4.74 Å². The van der Waals surface area contributed by atoms with Crippen molar-refractivity contribution in [3.8, 4) is 0 Å². The number of carbonyl (C=O) groups excluding carboxylic acids is 2. The molecular formula is C20H22ClNO3. The van der Waals surface area contributed by atoms with E-state index in [0.29, 0.717) is 13.0 Å². The fourth-order valence-corrected chi connectivity index (χ4v) is 2.94. The van der Waals surface area contributed by atoms with Crippen molar-refractivity contribution in [1.29, 1.82) is 0 Å². The van der Waals surface area contributed by atoms with Crippen molar-refractivity contribution < 1.29 is 14.3 Å². The van der Waals surface area contributed by atoms with Gasteiger partial charge in [-0.1, -0.05) is 60.7 Å². The SMILES string of the molecule is Cl.O=C1CN(Cc2ccccc2)CCC1C(=O)OCc1ccccc1. The normalized spacial score (nSPS) is 17.6. The zero-order chi connectivity index (χ0) is 16.8. The van der Waals surface area contributed by atoms with Gasteiger partial charge in [-0.15, -0.1) is 12.4 Å². The molecule has 0 amide bonds. The highest BCUT2D eigenvalue weighted by Crippen LogP contribution is 2.18. The van der Waals surface area contributed by atoms with Crippen LogP contribution < -0.4 is 0 Å². The number of rotatable bonds is 5. The van der Waals surface area contributed by atoms with Gasteiger partial charge in [0, 0.05) is 13.1 Å². The van der Waals surface area contributed by atoms with Gasteiger partial charge in [-0.25, -0.2) is 0 Å². The lowest BCUT2D eigenvalue weighted by Gasteiger charge is -2.29. The van der Waals surface area contributed by atoms with Crippen LogP contribution in [0.5, 0.6) is 0 Å². The fraction of sp³-hybridized carbons (Fsp3) is 0.300. The molecule has 132 valence electrons. The maximum absolute atomic E-state index is 12.3. The highest BCUT2D eigenvalue weighted by Gasteiger charge is 2.33. The van der Waals surface area contributed by atoms with E-state index in [1.807, 2.05) is 60.7 Å². The molecule has 0 spiro atoms.